The third kappa shape index (κ3) is 7.36. The van der Waals surface area contributed by atoms with Crippen molar-refractivity contribution in [3.63, 3.8) is 0 Å². The quantitative estimate of drug-likeness (QED) is 0.106. The molecular weight excluding hydrogens is 516 g/mol. The minimum atomic E-state index is -1.17. The number of oxime groups is 1. The van der Waals surface area contributed by atoms with Gasteiger partial charge in [0.2, 0.25) is 5.89 Å². The van der Waals surface area contributed by atoms with E-state index in [-0.39, 0.29) is 18.9 Å². The van der Waals surface area contributed by atoms with E-state index in [9.17, 15) is 9.90 Å². The molecule has 0 bridgehead atoms. The van der Waals surface area contributed by atoms with E-state index in [1.807, 2.05) is 116 Å². The largest absolute Gasteiger partial charge is 0.487 e. The molecule has 0 amide bonds. The summed E-state index contributed by atoms with van der Waals surface area (Å²) in [6.07, 6.45) is 3.97. The number of oxazole rings is 1. The van der Waals surface area contributed by atoms with Crippen LogP contribution in [0.1, 0.15) is 33.7 Å². The summed E-state index contributed by atoms with van der Waals surface area (Å²) in [5.74, 6) is 0.763. The number of ether oxygens (including phenoxy) is 1. The molecule has 7 heteroatoms. The number of carbonyl (C=O) groups is 1. The standard InChI is InChI=1S/C34H28N2O5/c1-24-31(35-33(41-24)29-10-6-3-7-11-29)23-39-30-20-16-27(17-21-30)22-40-36-32(34(37)38)28-18-14-26(15-19-28)13-12-25-8-4-2-5-9-25/h2-21H,22-23H2,1H3,(H,37,38). The zero-order valence-electron chi connectivity index (χ0n) is 22.4. The van der Waals surface area contributed by atoms with Gasteiger partial charge in [-0.1, -0.05) is 102 Å². The van der Waals surface area contributed by atoms with E-state index in [2.05, 4.69) is 10.1 Å². The van der Waals surface area contributed by atoms with Crippen molar-refractivity contribution in [3.8, 4) is 17.2 Å². The number of aromatic nitrogens is 1. The van der Waals surface area contributed by atoms with Gasteiger partial charge in [-0.2, -0.15) is 0 Å². The molecule has 0 unspecified atom stereocenters. The number of aliphatic carboxylic acids is 1. The Morgan fingerprint density at radius 3 is 2.12 bits per heavy atom. The Hall–Kier alpha value is -5.43. The first kappa shape index (κ1) is 27.1. The normalized spacial score (nSPS) is 11.5. The molecule has 7 nitrogen and oxygen atoms in total. The molecule has 41 heavy (non-hydrogen) atoms. The molecule has 0 radical (unpaired) electrons. The molecule has 204 valence electrons. The summed E-state index contributed by atoms with van der Waals surface area (Å²) in [4.78, 5) is 21.8. The van der Waals surface area contributed by atoms with Crippen LogP contribution in [0.15, 0.2) is 119 Å². The predicted molar refractivity (Wildman–Crippen MR) is 158 cm³/mol. The van der Waals surface area contributed by atoms with Gasteiger partial charge in [-0.15, -0.1) is 0 Å². The van der Waals surface area contributed by atoms with Crippen LogP contribution in [0.25, 0.3) is 23.6 Å². The van der Waals surface area contributed by atoms with Crippen LogP contribution in [0.2, 0.25) is 0 Å². The molecule has 1 aromatic heterocycles. The molecule has 5 rings (SSSR count). The summed E-state index contributed by atoms with van der Waals surface area (Å²) in [6, 6.07) is 34.1. The summed E-state index contributed by atoms with van der Waals surface area (Å²) in [5.41, 5.74) is 4.77. The molecule has 0 aliphatic rings. The Bertz CT molecular complexity index is 1640. The monoisotopic (exact) mass is 544 g/mol. The van der Waals surface area contributed by atoms with Crippen molar-refractivity contribution in [2.24, 2.45) is 5.16 Å². The lowest BCUT2D eigenvalue weighted by Crippen LogP contribution is -2.15. The van der Waals surface area contributed by atoms with Gasteiger partial charge < -0.3 is 19.1 Å². The molecule has 0 spiro atoms. The van der Waals surface area contributed by atoms with Gasteiger partial charge >= 0.3 is 5.97 Å². The Morgan fingerprint density at radius 1 is 0.829 bits per heavy atom. The Labute approximate surface area is 238 Å². The van der Waals surface area contributed by atoms with Crippen LogP contribution in [0.5, 0.6) is 5.75 Å². The van der Waals surface area contributed by atoms with Gasteiger partial charge in [0.15, 0.2) is 5.71 Å². The van der Waals surface area contributed by atoms with Crippen LogP contribution in [0, 0.1) is 6.92 Å². The van der Waals surface area contributed by atoms with Gasteiger partial charge in [-0.05, 0) is 47.9 Å². The minimum absolute atomic E-state index is 0.109. The fourth-order valence-electron chi connectivity index (χ4n) is 4.00. The van der Waals surface area contributed by atoms with Crippen molar-refractivity contribution < 1.29 is 23.9 Å². The minimum Gasteiger partial charge on any atom is -0.487 e. The molecule has 0 atom stereocenters. The maximum atomic E-state index is 11.8. The van der Waals surface area contributed by atoms with Crippen LogP contribution < -0.4 is 4.74 Å². The maximum absolute atomic E-state index is 11.8. The number of nitrogens with zero attached hydrogens (tertiary/aromatic N) is 2. The van der Waals surface area contributed by atoms with Crippen LogP contribution in [-0.2, 0) is 22.8 Å². The number of benzene rings is 4. The van der Waals surface area contributed by atoms with E-state index in [4.69, 9.17) is 14.0 Å². The summed E-state index contributed by atoms with van der Waals surface area (Å²) in [7, 11) is 0. The van der Waals surface area contributed by atoms with Crippen molar-refractivity contribution in [2.45, 2.75) is 20.1 Å². The van der Waals surface area contributed by atoms with Crippen molar-refractivity contribution in [3.05, 3.63) is 143 Å². The second-order valence-corrected chi connectivity index (χ2v) is 9.21. The molecule has 1 N–H and O–H groups in total. The first-order valence-corrected chi connectivity index (χ1v) is 13.1. The van der Waals surface area contributed by atoms with Crippen LogP contribution in [-0.4, -0.2) is 21.8 Å². The molecular formula is C34H28N2O5. The third-order valence-electron chi connectivity index (χ3n) is 6.25. The molecule has 0 aliphatic carbocycles. The van der Waals surface area contributed by atoms with Gasteiger partial charge in [-0.3, -0.25) is 0 Å². The van der Waals surface area contributed by atoms with Crippen LogP contribution in [0.3, 0.4) is 0 Å². The molecule has 0 saturated carbocycles. The van der Waals surface area contributed by atoms with Crippen molar-refractivity contribution in [1.29, 1.82) is 0 Å². The number of hydrogen-bond donors (Lipinski definition) is 1. The van der Waals surface area contributed by atoms with E-state index in [0.29, 0.717) is 23.0 Å². The third-order valence-corrected chi connectivity index (χ3v) is 6.25. The molecule has 5 aromatic rings. The highest BCUT2D eigenvalue weighted by molar-refractivity contribution is 6.42. The molecule has 0 saturated heterocycles. The van der Waals surface area contributed by atoms with E-state index in [0.717, 1.165) is 27.9 Å². The zero-order chi connectivity index (χ0) is 28.4. The number of carboxylic acid groups (broad SMARTS) is 1. The number of aryl methyl sites for hydroxylation is 1. The second-order valence-electron chi connectivity index (χ2n) is 9.21. The molecule has 1 heterocycles. The first-order chi connectivity index (χ1) is 20.0. The predicted octanol–water partition coefficient (Wildman–Crippen LogP) is 7.40. The average molecular weight is 545 g/mol. The van der Waals surface area contributed by atoms with Gasteiger partial charge in [0.1, 0.15) is 30.4 Å². The Kier molecular flexibility index (Phi) is 8.66. The number of carboxylic acids is 1. The SMILES string of the molecule is Cc1oc(-c2ccccc2)nc1COc1ccc(CON=C(C(=O)O)c2ccc(C=Cc3ccccc3)cc2)cc1. The van der Waals surface area contributed by atoms with E-state index in [1.54, 1.807) is 12.1 Å². The molecule has 4 aromatic carbocycles. The lowest BCUT2D eigenvalue weighted by atomic mass is 10.1. The highest BCUT2D eigenvalue weighted by atomic mass is 16.6. The fraction of sp³-hybridized carbons (Fsp3) is 0.0882. The van der Waals surface area contributed by atoms with Crippen molar-refractivity contribution in [1.82, 2.24) is 4.98 Å². The average Bonchev–Trinajstić information content (AvgIpc) is 3.39. The van der Waals surface area contributed by atoms with Gasteiger partial charge in [-0.25, -0.2) is 9.78 Å². The highest BCUT2D eigenvalue weighted by Gasteiger charge is 2.14. The van der Waals surface area contributed by atoms with E-state index in [1.165, 1.54) is 0 Å². The first-order valence-electron chi connectivity index (χ1n) is 13.1. The van der Waals surface area contributed by atoms with Crippen LogP contribution >= 0.6 is 0 Å². The Morgan fingerprint density at radius 2 is 1.46 bits per heavy atom. The van der Waals surface area contributed by atoms with Crippen LogP contribution in [0.4, 0.5) is 0 Å². The second kappa shape index (κ2) is 13.1. The van der Waals surface area contributed by atoms with E-state index < -0.39 is 5.97 Å². The smallest absolute Gasteiger partial charge is 0.358 e. The van der Waals surface area contributed by atoms with E-state index >= 15 is 0 Å². The molecule has 0 aliphatic heterocycles. The number of hydrogen-bond acceptors (Lipinski definition) is 6. The van der Waals surface area contributed by atoms with Gasteiger partial charge in [0.25, 0.3) is 0 Å². The fourth-order valence-corrected chi connectivity index (χ4v) is 4.00. The lowest BCUT2D eigenvalue weighted by Gasteiger charge is -2.07. The lowest BCUT2D eigenvalue weighted by molar-refractivity contribution is -0.129. The Balaban J connectivity index is 1.15. The molecule has 0 fully saturated rings. The zero-order valence-corrected chi connectivity index (χ0v) is 22.4. The summed E-state index contributed by atoms with van der Waals surface area (Å²) >= 11 is 0. The topological polar surface area (TPSA) is 94.2 Å². The maximum Gasteiger partial charge on any atom is 0.358 e. The number of rotatable bonds is 11. The van der Waals surface area contributed by atoms with Gasteiger partial charge in [0, 0.05) is 11.1 Å². The summed E-state index contributed by atoms with van der Waals surface area (Å²) < 4.78 is 11.7. The van der Waals surface area contributed by atoms with Gasteiger partial charge in [0.05, 0.1) is 0 Å². The van der Waals surface area contributed by atoms with Crippen molar-refractivity contribution in [2.75, 3.05) is 0 Å². The summed E-state index contributed by atoms with van der Waals surface area (Å²) in [6.45, 7) is 2.24. The highest BCUT2D eigenvalue weighted by Crippen LogP contribution is 2.23. The summed E-state index contributed by atoms with van der Waals surface area (Å²) in [5, 5.41) is 13.6. The van der Waals surface area contributed by atoms with Crippen molar-refractivity contribution >= 4 is 23.8 Å².